The van der Waals surface area contributed by atoms with E-state index in [-0.39, 0.29) is 23.4 Å². The van der Waals surface area contributed by atoms with Crippen LogP contribution in [-0.2, 0) is 0 Å². The van der Waals surface area contributed by atoms with Gasteiger partial charge in [-0.2, -0.15) is 0 Å². The molecule has 0 saturated heterocycles. The lowest BCUT2D eigenvalue weighted by molar-refractivity contribution is 0.0695. The fourth-order valence-electron chi connectivity index (χ4n) is 4.35. The van der Waals surface area contributed by atoms with Crippen LogP contribution in [0.1, 0.15) is 44.2 Å². The molecule has 1 heterocycles. The number of nitrogens with one attached hydrogen (secondary N) is 1. The van der Waals surface area contributed by atoms with Crippen LogP contribution < -0.4 is 5.32 Å². The van der Waals surface area contributed by atoms with Crippen molar-refractivity contribution in [2.24, 2.45) is 11.8 Å². The van der Waals surface area contributed by atoms with Crippen LogP contribution in [-0.4, -0.2) is 28.0 Å². The normalized spacial score (nSPS) is 26.0. The van der Waals surface area contributed by atoms with Gasteiger partial charge in [-0.1, -0.05) is 42.5 Å². The van der Waals surface area contributed by atoms with Gasteiger partial charge < -0.3 is 10.4 Å². The lowest BCUT2D eigenvalue weighted by Gasteiger charge is -2.29. The summed E-state index contributed by atoms with van der Waals surface area (Å²) in [6.07, 6.45) is 8.20. The number of nitrogens with zero attached hydrogens (tertiary/aromatic N) is 1. The van der Waals surface area contributed by atoms with Gasteiger partial charge in [0.25, 0.3) is 5.91 Å². The molecule has 132 valence electrons. The number of hydrogen-bond donors (Lipinski definition) is 2. The largest absolute Gasteiger partial charge is 0.478 e. The van der Waals surface area contributed by atoms with Crippen molar-refractivity contribution in [3.63, 3.8) is 0 Å². The van der Waals surface area contributed by atoms with Gasteiger partial charge in [0.15, 0.2) is 0 Å². The Morgan fingerprint density at radius 1 is 1.08 bits per heavy atom. The monoisotopic (exact) mass is 348 g/mol. The number of carboxylic acid groups (broad SMARTS) is 1. The second-order valence-corrected chi connectivity index (χ2v) is 7.05. The molecule has 2 bridgehead atoms. The highest BCUT2D eigenvalue weighted by Crippen LogP contribution is 2.49. The maximum absolute atomic E-state index is 12.9. The Morgan fingerprint density at radius 3 is 2.50 bits per heavy atom. The molecule has 1 amide bonds. The van der Waals surface area contributed by atoms with E-state index in [1.165, 1.54) is 18.0 Å². The predicted octanol–water partition coefficient (Wildman–Crippen LogP) is 3.18. The Morgan fingerprint density at radius 2 is 1.77 bits per heavy atom. The van der Waals surface area contributed by atoms with Gasteiger partial charge in [0.05, 0.1) is 11.1 Å². The number of allylic oxidation sites excluding steroid dienone is 1. The quantitative estimate of drug-likeness (QED) is 0.832. The Bertz CT molecular complexity index is 891. The molecule has 5 nitrogen and oxygen atoms in total. The van der Waals surface area contributed by atoms with Crippen LogP contribution in [0.3, 0.4) is 0 Å². The molecule has 1 saturated carbocycles. The first-order chi connectivity index (χ1) is 12.6. The van der Waals surface area contributed by atoms with Crippen LogP contribution in [0.15, 0.2) is 54.9 Å². The summed E-state index contributed by atoms with van der Waals surface area (Å²) in [5.74, 6) is -0.354. The fourth-order valence-corrected chi connectivity index (χ4v) is 4.35. The van der Waals surface area contributed by atoms with Crippen molar-refractivity contribution >= 4 is 11.9 Å². The zero-order valence-corrected chi connectivity index (χ0v) is 14.4. The van der Waals surface area contributed by atoms with E-state index < -0.39 is 5.97 Å². The number of aromatic carboxylic acids is 1. The Balaban J connectivity index is 1.62. The zero-order chi connectivity index (χ0) is 18.3. The minimum Gasteiger partial charge on any atom is -0.478 e. The first-order valence-electron chi connectivity index (χ1n) is 8.78. The molecule has 1 fully saturated rings. The Labute approximate surface area is 151 Å². The topological polar surface area (TPSA) is 79.3 Å². The van der Waals surface area contributed by atoms with E-state index in [0.29, 0.717) is 23.0 Å². The maximum Gasteiger partial charge on any atom is 0.337 e. The number of pyridine rings is 1. The predicted molar refractivity (Wildman–Crippen MR) is 97.1 cm³/mol. The molecule has 4 rings (SSSR count). The number of aromatic nitrogens is 1. The van der Waals surface area contributed by atoms with E-state index >= 15 is 0 Å². The number of fused-ring (bicyclic) bond motifs is 2. The lowest BCUT2D eigenvalue weighted by Crippen LogP contribution is -2.42. The van der Waals surface area contributed by atoms with Gasteiger partial charge in [0.2, 0.25) is 0 Å². The number of amides is 1. The van der Waals surface area contributed by atoms with Crippen molar-refractivity contribution in [3.8, 4) is 0 Å². The van der Waals surface area contributed by atoms with E-state index in [9.17, 15) is 14.7 Å². The third-order valence-corrected chi connectivity index (χ3v) is 5.63. The van der Waals surface area contributed by atoms with Crippen LogP contribution in [0.2, 0.25) is 0 Å². The number of benzene rings is 1. The summed E-state index contributed by atoms with van der Waals surface area (Å²) >= 11 is 0. The second-order valence-electron chi connectivity index (χ2n) is 7.05. The standard InChI is InChI=1S/C21H20N2O3/c1-12-16(10-22-11-17(12)21(25)26)20(24)23-19-15-8-7-14(9-15)18(19)13-5-3-2-4-6-13/h2-8,10-11,14-15,18-19H,9H2,1H3,(H,23,24)(H,25,26)/t14-,15+,18+,19+/m1/s1. The average molecular weight is 348 g/mol. The molecule has 2 N–H and O–H groups in total. The van der Waals surface area contributed by atoms with Gasteiger partial charge in [0.1, 0.15) is 0 Å². The molecule has 2 aromatic rings. The van der Waals surface area contributed by atoms with E-state index in [1.54, 1.807) is 6.92 Å². The molecular formula is C21H20N2O3. The van der Waals surface area contributed by atoms with Gasteiger partial charge in [-0.15, -0.1) is 0 Å². The van der Waals surface area contributed by atoms with Gasteiger partial charge in [-0.25, -0.2) is 4.79 Å². The van der Waals surface area contributed by atoms with E-state index in [0.717, 1.165) is 6.42 Å². The van der Waals surface area contributed by atoms with Crippen molar-refractivity contribution in [2.75, 3.05) is 0 Å². The summed E-state index contributed by atoms with van der Waals surface area (Å²) in [7, 11) is 0. The highest BCUT2D eigenvalue weighted by Gasteiger charge is 2.45. The van der Waals surface area contributed by atoms with Crippen molar-refractivity contribution in [3.05, 3.63) is 77.1 Å². The van der Waals surface area contributed by atoms with Crippen LogP contribution in [0.25, 0.3) is 0 Å². The van der Waals surface area contributed by atoms with Crippen molar-refractivity contribution < 1.29 is 14.7 Å². The average Bonchev–Trinajstić information content (AvgIpc) is 3.24. The highest BCUT2D eigenvalue weighted by atomic mass is 16.4. The maximum atomic E-state index is 12.9. The number of rotatable bonds is 4. The zero-order valence-electron chi connectivity index (χ0n) is 14.4. The first kappa shape index (κ1) is 16.5. The van der Waals surface area contributed by atoms with Crippen molar-refractivity contribution in [2.45, 2.75) is 25.3 Å². The molecule has 0 radical (unpaired) electrons. The van der Waals surface area contributed by atoms with Gasteiger partial charge >= 0.3 is 5.97 Å². The first-order valence-corrected chi connectivity index (χ1v) is 8.78. The third-order valence-electron chi connectivity index (χ3n) is 5.63. The third kappa shape index (κ3) is 2.69. The molecule has 26 heavy (non-hydrogen) atoms. The number of carbonyl (C=O) groups is 2. The fraction of sp³-hybridized carbons (Fsp3) is 0.286. The summed E-state index contributed by atoms with van der Waals surface area (Å²) in [6.45, 7) is 1.65. The molecule has 5 heteroatoms. The molecule has 0 spiro atoms. The van der Waals surface area contributed by atoms with Crippen molar-refractivity contribution in [1.29, 1.82) is 0 Å². The second kappa shape index (κ2) is 6.41. The SMILES string of the molecule is Cc1c(C(=O)O)cncc1C(=O)N[C@@H]1[C@@H](c2ccccc2)[C@@H]2C=C[C@H]1C2. The van der Waals surface area contributed by atoms with E-state index in [4.69, 9.17) is 0 Å². The minimum atomic E-state index is -1.07. The number of carbonyl (C=O) groups excluding carboxylic acids is 1. The summed E-state index contributed by atoms with van der Waals surface area (Å²) in [6, 6.07) is 10.3. The minimum absolute atomic E-state index is 0.00721. The number of carboxylic acids is 1. The smallest absolute Gasteiger partial charge is 0.337 e. The van der Waals surface area contributed by atoms with Crippen molar-refractivity contribution in [1.82, 2.24) is 10.3 Å². The summed E-state index contributed by atoms with van der Waals surface area (Å²) < 4.78 is 0. The molecule has 2 aliphatic carbocycles. The summed E-state index contributed by atoms with van der Waals surface area (Å²) in [4.78, 5) is 28.1. The summed E-state index contributed by atoms with van der Waals surface area (Å²) in [5, 5.41) is 12.4. The molecule has 1 aromatic heterocycles. The van der Waals surface area contributed by atoms with Crippen LogP contribution in [0, 0.1) is 18.8 Å². The molecule has 4 atom stereocenters. The van der Waals surface area contributed by atoms with Gasteiger partial charge in [-0.3, -0.25) is 9.78 Å². The van der Waals surface area contributed by atoms with E-state index in [1.807, 2.05) is 18.2 Å². The van der Waals surface area contributed by atoms with Crippen LogP contribution in [0.4, 0.5) is 0 Å². The number of hydrogen-bond acceptors (Lipinski definition) is 3. The van der Waals surface area contributed by atoms with Gasteiger partial charge in [-0.05, 0) is 36.3 Å². The molecule has 1 aromatic carbocycles. The van der Waals surface area contributed by atoms with Gasteiger partial charge in [0, 0.05) is 24.4 Å². The summed E-state index contributed by atoms with van der Waals surface area (Å²) in [5.41, 5.74) is 2.05. The van der Waals surface area contributed by atoms with E-state index in [2.05, 4.69) is 34.6 Å². The van der Waals surface area contributed by atoms with Crippen LogP contribution >= 0.6 is 0 Å². The lowest BCUT2D eigenvalue weighted by atomic mass is 9.83. The highest BCUT2D eigenvalue weighted by molar-refractivity contribution is 5.99. The molecule has 0 unspecified atom stereocenters. The molecular weight excluding hydrogens is 328 g/mol. The Kier molecular flexibility index (Phi) is 4.07. The molecule has 0 aliphatic heterocycles. The molecule has 2 aliphatic rings. The Hall–Kier alpha value is -2.95. The van der Waals surface area contributed by atoms with Crippen LogP contribution in [0.5, 0.6) is 0 Å².